The number of aliphatic hydroxyl groups is 1. The molecule has 1 saturated heterocycles. The van der Waals surface area contributed by atoms with Crippen LogP contribution in [0.25, 0.3) is 38.7 Å². The van der Waals surface area contributed by atoms with Gasteiger partial charge < -0.3 is 10.4 Å². The van der Waals surface area contributed by atoms with Crippen molar-refractivity contribution in [3.63, 3.8) is 0 Å². The second-order valence-electron chi connectivity index (χ2n) is 8.98. The minimum Gasteiger partial charge on any atom is -0.385 e. The molecule has 0 bridgehead atoms. The lowest BCUT2D eigenvalue weighted by Gasteiger charge is -2.33. The van der Waals surface area contributed by atoms with Crippen molar-refractivity contribution >= 4 is 27.4 Å². The first-order valence-corrected chi connectivity index (χ1v) is 12.8. The Kier molecular flexibility index (Phi) is 5.46. The molecule has 1 fully saturated rings. The van der Waals surface area contributed by atoms with Crippen molar-refractivity contribution < 1.29 is 9.32 Å². The van der Waals surface area contributed by atoms with Gasteiger partial charge in [-0.05, 0) is 59.5 Å². The lowest BCUT2D eigenvalue weighted by Crippen LogP contribution is -2.39. The van der Waals surface area contributed by atoms with Crippen LogP contribution in [0.1, 0.15) is 18.4 Å². The molecule has 0 saturated carbocycles. The molecule has 3 heterocycles. The third-order valence-electron chi connectivity index (χ3n) is 6.93. The van der Waals surface area contributed by atoms with E-state index in [4.69, 9.17) is 10.1 Å². The van der Waals surface area contributed by atoms with E-state index in [0.29, 0.717) is 17.7 Å². The molecular weight excluding hydrogens is 458 g/mol. The van der Waals surface area contributed by atoms with Gasteiger partial charge in [-0.15, -0.1) is 0 Å². The van der Waals surface area contributed by atoms with Crippen LogP contribution in [-0.2, 0) is 16.6 Å². The number of fused-ring (bicyclic) bond motifs is 2. The number of rotatable bonds is 4. The van der Waals surface area contributed by atoms with Gasteiger partial charge in [0.25, 0.3) is 0 Å². The van der Waals surface area contributed by atoms with Gasteiger partial charge in [0.05, 0.1) is 16.7 Å². The molecule has 1 atom stereocenters. The van der Waals surface area contributed by atoms with Gasteiger partial charge in [-0.3, -0.25) is 0 Å². The van der Waals surface area contributed by atoms with Gasteiger partial charge >= 0.3 is 0 Å². The number of benzene rings is 3. The van der Waals surface area contributed by atoms with Crippen LogP contribution in [0.3, 0.4) is 0 Å². The van der Waals surface area contributed by atoms with Gasteiger partial charge in [0.15, 0.2) is 5.65 Å². The maximum Gasteiger partial charge on any atom is 0.162 e. The van der Waals surface area contributed by atoms with Crippen molar-refractivity contribution in [2.45, 2.75) is 23.3 Å². The van der Waals surface area contributed by atoms with Gasteiger partial charge in [0, 0.05) is 23.5 Å². The van der Waals surface area contributed by atoms with E-state index < -0.39 is 16.6 Å². The van der Waals surface area contributed by atoms with Gasteiger partial charge in [0.1, 0.15) is 11.0 Å². The predicted octanol–water partition coefficient (Wildman–Crippen LogP) is 3.77. The SMILES string of the molecule is NS(=O)c1ccc(-c2cnn3cc(-c4ccc(C5(O)CCNCC5)cc4)cnc23)c2ccccc12. The molecule has 0 aliphatic carbocycles. The topological polar surface area (TPSA) is 106 Å². The third kappa shape index (κ3) is 3.84. The number of hydrogen-bond acceptors (Lipinski definition) is 5. The van der Waals surface area contributed by atoms with Crippen LogP contribution < -0.4 is 10.5 Å². The Labute approximate surface area is 205 Å². The summed E-state index contributed by atoms with van der Waals surface area (Å²) in [6, 6.07) is 19.6. The van der Waals surface area contributed by atoms with Crippen LogP contribution in [0.2, 0.25) is 0 Å². The Morgan fingerprint density at radius 1 is 0.914 bits per heavy atom. The fourth-order valence-corrected chi connectivity index (χ4v) is 5.59. The molecule has 0 spiro atoms. The first-order chi connectivity index (χ1) is 17.0. The highest BCUT2D eigenvalue weighted by molar-refractivity contribution is 7.83. The molecule has 3 aromatic carbocycles. The van der Waals surface area contributed by atoms with Crippen LogP contribution in [0.15, 0.2) is 84.1 Å². The summed E-state index contributed by atoms with van der Waals surface area (Å²) in [6.45, 7) is 1.64. The van der Waals surface area contributed by atoms with Crippen molar-refractivity contribution in [2.24, 2.45) is 5.14 Å². The molecule has 176 valence electrons. The Balaban J connectivity index is 1.37. The number of aromatic nitrogens is 3. The Morgan fingerprint density at radius 2 is 1.66 bits per heavy atom. The summed E-state index contributed by atoms with van der Waals surface area (Å²) in [5.74, 6) is 0. The highest BCUT2D eigenvalue weighted by Crippen LogP contribution is 2.35. The summed E-state index contributed by atoms with van der Waals surface area (Å²) >= 11 is 0. The Hall–Kier alpha value is -3.43. The molecule has 8 heteroatoms. The summed E-state index contributed by atoms with van der Waals surface area (Å²) in [5, 5.41) is 26.4. The standard InChI is InChI=1S/C27H25N5O2S/c28-35(34)25-10-9-22(21-3-1-2-4-23(21)25)24-16-31-32-17-19(15-30-26(24)32)18-5-7-20(8-6-18)27(33)11-13-29-14-12-27/h1-10,15-17,29,33H,11-14,28H2. The summed E-state index contributed by atoms with van der Waals surface area (Å²) in [5.41, 5.74) is 4.73. The number of hydrogen-bond donors (Lipinski definition) is 3. The third-order valence-corrected chi connectivity index (χ3v) is 7.72. The lowest BCUT2D eigenvalue weighted by atomic mass is 9.84. The molecule has 1 unspecified atom stereocenters. The molecule has 4 N–H and O–H groups in total. The van der Waals surface area contributed by atoms with Gasteiger partial charge in [-0.25, -0.2) is 18.8 Å². The fourth-order valence-electron chi connectivity index (χ4n) is 5.00. The molecular formula is C27H25N5O2S. The highest BCUT2D eigenvalue weighted by Gasteiger charge is 2.30. The molecule has 7 nitrogen and oxygen atoms in total. The van der Waals surface area contributed by atoms with E-state index in [1.165, 1.54) is 0 Å². The van der Waals surface area contributed by atoms with E-state index in [0.717, 1.165) is 57.3 Å². The van der Waals surface area contributed by atoms with E-state index >= 15 is 0 Å². The van der Waals surface area contributed by atoms with Gasteiger partial charge in [-0.2, -0.15) is 5.10 Å². The zero-order chi connectivity index (χ0) is 24.0. The van der Waals surface area contributed by atoms with E-state index in [-0.39, 0.29) is 0 Å². The maximum atomic E-state index is 12.0. The van der Waals surface area contributed by atoms with Crippen molar-refractivity contribution in [1.29, 1.82) is 0 Å². The maximum absolute atomic E-state index is 12.0. The minimum atomic E-state index is -1.57. The average Bonchev–Trinajstić information content (AvgIpc) is 3.31. The first-order valence-electron chi connectivity index (χ1n) is 11.6. The number of nitrogens with zero attached hydrogens (tertiary/aromatic N) is 3. The van der Waals surface area contributed by atoms with Crippen LogP contribution in [0, 0.1) is 0 Å². The van der Waals surface area contributed by atoms with Crippen molar-refractivity contribution in [3.05, 3.63) is 84.8 Å². The summed E-state index contributed by atoms with van der Waals surface area (Å²) < 4.78 is 13.8. The minimum absolute atomic E-state index is 0.605. The molecule has 2 aromatic heterocycles. The number of nitrogens with one attached hydrogen (secondary N) is 1. The monoisotopic (exact) mass is 483 g/mol. The molecule has 5 aromatic rings. The lowest BCUT2D eigenvalue weighted by molar-refractivity contribution is 0.00595. The summed E-state index contributed by atoms with van der Waals surface area (Å²) in [6.07, 6.45) is 7.05. The molecule has 0 amide bonds. The normalized spacial score (nSPS) is 16.5. The molecule has 1 aliphatic rings. The second kappa shape index (κ2) is 8.66. The van der Waals surface area contributed by atoms with Crippen molar-refractivity contribution in [3.8, 4) is 22.3 Å². The quantitative estimate of drug-likeness (QED) is 0.361. The van der Waals surface area contributed by atoms with E-state index in [1.54, 1.807) is 4.52 Å². The van der Waals surface area contributed by atoms with E-state index in [2.05, 4.69) is 10.4 Å². The summed E-state index contributed by atoms with van der Waals surface area (Å²) in [7, 11) is -1.57. The van der Waals surface area contributed by atoms with E-state index in [9.17, 15) is 9.32 Å². The van der Waals surface area contributed by atoms with Crippen LogP contribution in [0.4, 0.5) is 0 Å². The zero-order valence-electron chi connectivity index (χ0n) is 19.0. The van der Waals surface area contributed by atoms with Crippen molar-refractivity contribution in [1.82, 2.24) is 19.9 Å². The van der Waals surface area contributed by atoms with Crippen LogP contribution in [0.5, 0.6) is 0 Å². The largest absolute Gasteiger partial charge is 0.385 e. The van der Waals surface area contributed by atoms with Crippen molar-refractivity contribution in [2.75, 3.05) is 13.1 Å². The number of piperidine rings is 1. The Bertz CT molecular complexity index is 1570. The van der Waals surface area contributed by atoms with Crippen LogP contribution >= 0.6 is 0 Å². The fraction of sp³-hybridized carbons (Fsp3) is 0.185. The summed E-state index contributed by atoms with van der Waals surface area (Å²) in [4.78, 5) is 5.35. The highest BCUT2D eigenvalue weighted by atomic mass is 32.2. The second-order valence-corrected chi connectivity index (χ2v) is 10.0. The first kappa shape index (κ1) is 22.1. The predicted molar refractivity (Wildman–Crippen MR) is 138 cm³/mol. The average molecular weight is 484 g/mol. The van der Waals surface area contributed by atoms with E-state index in [1.807, 2.05) is 79.3 Å². The Morgan fingerprint density at radius 3 is 2.40 bits per heavy atom. The molecule has 1 aliphatic heterocycles. The van der Waals surface area contributed by atoms with Gasteiger partial charge in [0.2, 0.25) is 0 Å². The molecule has 6 rings (SSSR count). The molecule has 0 radical (unpaired) electrons. The van der Waals surface area contributed by atoms with Gasteiger partial charge in [-0.1, -0.05) is 54.6 Å². The molecule has 35 heavy (non-hydrogen) atoms. The zero-order valence-corrected chi connectivity index (χ0v) is 19.8. The smallest absolute Gasteiger partial charge is 0.162 e. The number of nitrogens with two attached hydrogens (primary N) is 1. The van der Waals surface area contributed by atoms with Crippen LogP contribution in [-0.4, -0.2) is 37.0 Å².